The fraction of sp³-hybridized carbons (Fsp3) is 0.667. The van der Waals surface area contributed by atoms with Crippen molar-refractivity contribution in [3.05, 3.63) is 35.4 Å². The topological polar surface area (TPSA) is 15.3 Å². The van der Waals surface area contributed by atoms with Crippen molar-refractivity contribution in [1.82, 2.24) is 10.2 Å². The van der Waals surface area contributed by atoms with Gasteiger partial charge < -0.3 is 5.32 Å². The van der Waals surface area contributed by atoms with Crippen LogP contribution < -0.4 is 5.32 Å². The molecule has 0 bridgehead atoms. The molecule has 2 fully saturated rings. The third-order valence-corrected chi connectivity index (χ3v) is 5.22. The Morgan fingerprint density at radius 2 is 2.05 bits per heavy atom. The lowest BCUT2D eigenvalue weighted by Gasteiger charge is -2.41. The molecule has 3 unspecified atom stereocenters. The molecule has 2 saturated heterocycles. The van der Waals surface area contributed by atoms with Crippen LogP contribution in [0.3, 0.4) is 0 Å². The normalized spacial score (nSPS) is 28.3. The first-order chi connectivity index (χ1) is 9.79. The summed E-state index contributed by atoms with van der Waals surface area (Å²) < 4.78 is 0. The molecule has 0 amide bonds. The summed E-state index contributed by atoms with van der Waals surface area (Å²) in [6, 6.07) is 10.7. The lowest BCUT2D eigenvalue weighted by Crippen LogP contribution is -2.46. The van der Waals surface area contributed by atoms with Crippen LogP contribution in [0.15, 0.2) is 24.3 Å². The first-order valence-corrected chi connectivity index (χ1v) is 8.35. The van der Waals surface area contributed by atoms with E-state index in [1.54, 1.807) is 0 Å². The van der Waals surface area contributed by atoms with Crippen molar-refractivity contribution in [3.63, 3.8) is 0 Å². The number of hydrogen-bond acceptors (Lipinski definition) is 2. The highest BCUT2D eigenvalue weighted by Crippen LogP contribution is 2.33. The van der Waals surface area contributed by atoms with Crippen LogP contribution in [0.25, 0.3) is 0 Å². The Bertz CT molecular complexity index is 426. The number of nitrogens with zero attached hydrogens (tertiary/aromatic N) is 1. The summed E-state index contributed by atoms with van der Waals surface area (Å²) in [6.07, 6.45) is 5.21. The van der Waals surface area contributed by atoms with E-state index in [9.17, 15) is 0 Å². The Labute approximate surface area is 123 Å². The molecular formula is C18H28N2. The predicted octanol–water partition coefficient (Wildman–Crippen LogP) is 3.38. The number of likely N-dealkylation sites (tertiary alicyclic amines) is 1. The van der Waals surface area contributed by atoms with E-state index in [1.807, 2.05) is 0 Å². The largest absolute Gasteiger partial charge is 0.315 e. The second kappa shape index (κ2) is 6.28. The molecule has 2 heteroatoms. The van der Waals surface area contributed by atoms with Gasteiger partial charge in [0.05, 0.1) is 0 Å². The number of nitrogens with one attached hydrogen (secondary N) is 1. The Hall–Kier alpha value is -0.860. The zero-order valence-electron chi connectivity index (χ0n) is 12.9. The number of aryl methyl sites for hydroxylation is 1. The molecule has 1 aromatic carbocycles. The summed E-state index contributed by atoms with van der Waals surface area (Å²) in [5.74, 6) is 0.880. The molecule has 20 heavy (non-hydrogen) atoms. The molecule has 0 aliphatic carbocycles. The minimum atomic E-state index is 0.554. The minimum Gasteiger partial charge on any atom is -0.315 e. The van der Waals surface area contributed by atoms with Gasteiger partial charge in [0.25, 0.3) is 0 Å². The van der Waals surface area contributed by atoms with E-state index < -0.39 is 0 Å². The molecule has 0 saturated carbocycles. The lowest BCUT2D eigenvalue weighted by atomic mass is 9.89. The number of hydrogen-bond donors (Lipinski definition) is 1. The molecule has 2 nitrogen and oxygen atoms in total. The van der Waals surface area contributed by atoms with E-state index >= 15 is 0 Å². The predicted molar refractivity (Wildman–Crippen MR) is 84.9 cm³/mol. The van der Waals surface area contributed by atoms with E-state index in [1.165, 1.54) is 56.4 Å². The van der Waals surface area contributed by atoms with Gasteiger partial charge in [0.2, 0.25) is 0 Å². The zero-order valence-corrected chi connectivity index (χ0v) is 12.9. The van der Waals surface area contributed by atoms with Crippen LogP contribution in [0.4, 0.5) is 0 Å². The number of piperidine rings is 1. The van der Waals surface area contributed by atoms with Crippen LogP contribution in [0.1, 0.15) is 50.3 Å². The summed E-state index contributed by atoms with van der Waals surface area (Å²) in [5, 5.41) is 3.58. The van der Waals surface area contributed by atoms with Gasteiger partial charge in [-0.3, -0.25) is 4.90 Å². The van der Waals surface area contributed by atoms with Crippen molar-refractivity contribution >= 4 is 0 Å². The SMILES string of the molecule is CCCc1ccc(C(C)N2CCCC3CNCC32)cc1. The van der Waals surface area contributed by atoms with Crippen molar-refractivity contribution in [2.75, 3.05) is 19.6 Å². The minimum absolute atomic E-state index is 0.554. The van der Waals surface area contributed by atoms with Gasteiger partial charge in [-0.1, -0.05) is 37.6 Å². The van der Waals surface area contributed by atoms with Crippen LogP contribution in [-0.4, -0.2) is 30.6 Å². The van der Waals surface area contributed by atoms with E-state index in [0.717, 1.165) is 12.0 Å². The van der Waals surface area contributed by atoms with Gasteiger partial charge in [-0.2, -0.15) is 0 Å². The average Bonchev–Trinajstić information content (AvgIpc) is 2.96. The fourth-order valence-corrected chi connectivity index (χ4v) is 4.03. The number of benzene rings is 1. The van der Waals surface area contributed by atoms with Gasteiger partial charge in [0.1, 0.15) is 0 Å². The van der Waals surface area contributed by atoms with Crippen molar-refractivity contribution in [2.45, 2.75) is 51.6 Å². The molecule has 2 aliphatic rings. The maximum atomic E-state index is 3.58. The first kappa shape index (κ1) is 14.1. The maximum absolute atomic E-state index is 3.58. The van der Waals surface area contributed by atoms with E-state index in [4.69, 9.17) is 0 Å². The highest BCUT2D eigenvalue weighted by atomic mass is 15.2. The fourth-order valence-electron chi connectivity index (χ4n) is 4.03. The molecule has 2 aliphatic heterocycles. The molecular weight excluding hydrogens is 244 g/mol. The first-order valence-electron chi connectivity index (χ1n) is 8.35. The standard InChI is InChI=1S/C18H28N2/c1-3-5-15-7-9-16(10-8-15)14(2)20-11-4-6-17-12-19-13-18(17)20/h7-10,14,17-19H,3-6,11-13H2,1-2H3. The highest BCUT2D eigenvalue weighted by molar-refractivity contribution is 5.25. The summed E-state index contributed by atoms with van der Waals surface area (Å²) >= 11 is 0. The number of fused-ring (bicyclic) bond motifs is 1. The molecule has 0 aromatic heterocycles. The third-order valence-electron chi connectivity index (χ3n) is 5.22. The van der Waals surface area contributed by atoms with Gasteiger partial charge in [-0.05, 0) is 56.3 Å². The Kier molecular flexibility index (Phi) is 4.42. The molecule has 2 heterocycles. The molecule has 1 N–H and O–H groups in total. The van der Waals surface area contributed by atoms with Gasteiger partial charge >= 0.3 is 0 Å². The Morgan fingerprint density at radius 3 is 2.80 bits per heavy atom. The van der Waals surface area contributed by atoms with Gasteiger partial charge in [-0.15, -0.1) is 0 Å². The van der Waals surface area contributed by atoms with Gasteiger partial charge in [0, 0.05) is 18.6 Å². The molecule has 110 valence electrons. The van der Waals surface area contributed by atoms with Gasteiger partial charge in [-0.25, -0.2) is 0 Å². The highest BCUT2D eigenvalue weighted by Gasteiger charge is 2.37. The quantitative estimate of drug-likeness (QED) is 0.904. The van der Waals surface area contributed by atoms with Crippen molar-refractivity contribution < 1.29 is 0 Å². The summed E-state index contributed by atoms with van der Waals surface area (Å²) in [5.41, 5.74) is 2.96. The van der Waals surface area contributed by atoms with Crippen LogP contribution in [0, 0.1) is 5.92 Å². The Balaban J connectivity index is 1.72. The number of rotatable bonds is 4. The van der Waals surface area contributed by atoms with E-state index in [0.29, 0.717) is 6.04 Å². The average molecular weight is 272 g/mol. The zero-order chi connectivity index (χ0) is 13.9. The van der Waals surface area contributed by atoms with Crippen molar-refractivity contribution in [3.8, 4) is 0 Å². The summed E-state index contributed by atoms with van der Waals surface area (Å²) in [6.45, 7) is 8.31. The molecule has 0 spiro atoms. The van der Waals surface area contributed by atoms with Crippen LogP contribution in [0.2, 0.25) is 0 Å². The molecule has 3 atom stereocenters. The summed E-state index contributed by atoms with van der Waals surface area (Å²) in [7, 11) is 0. The molecule has 0 radical (unpaired) electrons. The monoisotopic (exact) mass is 272 g/mol. The molecule has 1 aromatic rings. The second-order valence-corrected chi connectivity index (χ2v) is 6.53. The van der Waals surface area contributed by atoms with Gasteiger partial charge in [0.15, 0.2) is 0 Å². The van der Waals surface area contributed by atoms with Crippen molar-refractivity contribution in [1.29, 1.82) is 0 Å². The third kappa shape index (κ3) is 2.77. The molecule has 3 rings (SSSR count). The van der Waals surface area contributed by atoms with Crippen molar-refractivity contribution in [2.24, 2.45) is 5.92 Å². The maximum Gasteiger partial charge on any atom is 0.0323 e. The van der Waals surface area contributed by atoms with E-state index in [-0.39, 0.29) is 0 Å². The van der Waals surface area contributed by atoms with Crippen LogP contribution in [0.5, 0.6) is 0 Å². The van der Waals surface area contributed by atoms with E-state index in [2.05, 4.69) is 48.3 Å². The Morgan fingerprint density at radius 1 is 1.25 bits per heavy atom. The second-order valence-electron chi connectivity index (χ2n) is 6.53. The lowest BCUT2D eigenvalue weighted by molar-refractivity contribution is 0.0847. The summed E-state index contributed by atoms with van der Waals surface area (Å²) in [4.78, 5) is 2.74. The smallest absolute Gasteiger partial charge is 0.0323 e. The van der Waals surface area contributed by atoms with Crippen LogP contribution in [-0.2, 0) is 6.42 Å². The van der Waals surface area contributed by atoms with Crippen LogP contribution >= 0.6 is 0 Å².